The van der Waals surface area contributed by atoms with Crippen molar-refractivity contribution < 1.29 is 13.5 Å². The van der Waals surface area contributed by atoms with Crippen molar-refractivity contribution in [2.24, 2.45) is 5.10 Å². The van der Waals surface area contributed by atoms with E-state index >= 15 is 0 Å². The molecule has 1 rings (SSSR count). The molecule has 0 fully saturated rings. The van der Waals surface area contributed by atoms with E-state index in [9.17, 15) is 13.5 Å². The average Bonchev–Trinajstić information content (AvgIpc) is 2.72. The van der Waals surface area contributed by atoms with Gasteiger partial charge in [-0.15, -0.1) is 0 Å². The highest BCUT2D eigenvalue weighted by Crippen LogP contribution is 2.35. The Labute approximate surface area is 197 Å². The molecule has 1 atom stereocenters. The Morgan fingerprint density at radius 3 is 1.97 bits per heavy atom. The monoisotopic (exact) mass is 466 g/mol. The molecule has 0 aliphatic carbocycles. The van der Waals surface area contributed by atoms with Crippen molar-refractivity contribution in [1.82, 2.24) is 4.83 Å². The highest BCUT2D eigenvalue weighted by atomic mass is 32.2. The summed E-state index contributed by atoms with van der Waals surface area (Å²) in [6.45, 7) is 16.3. The Bertz CT molecular complexity index is 814. The number of hydrogen-bond donors (Lipinski definition) is 2. The van der Waals surface area contributed by atoms with E-state index in [0.29, 0.717) is 29.4 Å². The molecule has 0 aliphatic rings. The number of nitrogens with one attached hydrogen (secondary N) is 1. The maximum absolute atomic E-state index is 13.3. The lowest BCUT2D eigenvalue weighted by Gasteiger charge is -2.22. The number of rotatable bonds is 14. The van der Waals surface area contributed by atoms with Gasteiger partial charge in [0.1, 0.15) is 0 Å². The number of hydrazone groups is 1. The zero-order valence-corrected chi connectivity index (χ0v) is 22.3. The van der Waals surface area contributed by atoms with Crippen LogP contribution in [0.25, 0.3) is 0 Å². The second-order valence-electron chi connectivity index (χ2n) is 9.98. The van der Waals surface area contributed by atoms with Crippen LogP contribution in [-0.4, -0.2) is 25.3 Å². The molecule has 32 heavy (non-hydrogen) atoms. The highest BCUT2D eigenvalue weighted by molar-refractivity contribution is 7.89. The summed E-state index contributed by atoms with van der Waals surface area (Å²) in [5.41, 5.74) is 3.51. The molecule has 0 aliphatic heterocycles. The van der Waals surface area contributed by atoms with E-state index in [2.05, 4.69) is 30.7 Å². The Morgan fingerprint density at radius 1 is 0.938 bits per heavy atom. The van der Waals surface area contributed by atoms with E-state index in [1.165, 1.54) is 12.8 Å². The molecule has 0 bridgehead atoms. The van der Waals surface area contributed by atoms with Gasteiger partial charge in [0, 0.05) is 5.71 Å². The fourth-order valence-electron chi connectivity index (χ4n) is 3.77. The van der Waals surface area contributed by atoms with Gasteiger partial charge in [-0.3, -0.25) is 0 Å². The van der Waals surface area contributed by atoms with Crippen LogP contribution in [0.2, 0.25) is 0 Å². The minimum atomic E-state index is -3.81. The van der Waals surface area contributed by atoms with Gasteiger partial charge in [-0.05, 0) is 60.6 Å². The first kappa shape index (κ1) is 28.6. The second-order valence-corrected chi connectivity index (χ2v) is 11.6. The lowest BCUT2D eigenvalue weighted by molar-refractivity contribution is 0.153. The van der Waals surface area contributed by atoms with E-state index in [1.807, 2.05) is 39.8 Å². The maximum Gasteiger partial charge on any atom is 0.277 e. The highest BCUT2D eigenvalue weighted by Gasteiger charge is 2.26. The second kappa shape index (κ2) is 13.3. The average molecular weight is 467 g/mol. The lowest BCUT2D eigenvalue weighted by Crippen LogP contribution is -2.24. The summed E-state index contributed by atoms with van der Waals surface area (Å²) in [5, 5.41) is 14.4. The van der Waals surface area contributed by atoms with Crippen molar-refractivity contribution in [3.63, 3.8) is 0 Å². The topological polar surface area (TPSA) is 78.8 Å². The molecular weight excluding hydrogens is 420 g/mol. The summed E-state index contributed by atoms with van der Waals surface area (Å²) in [6.07, 6.45) is 6.14. The van der Waals surface area contributed by atoms with Crippen LogP contribution in [0.15, 0.2) is 22.1 Å². The third-order valence-electron chi connectivity index (χ3n) is 5.94. The van der Waals surface area contributed by atoms with Gasteiger partial charge in [0.15, 0.2) is 0 Å². The molecule has 0 saturated carbocycles. The number of hydrogen-bond acceptors (Lipinski definition) is 4. The molecule has 0 radical (unpaired) electrons. The van der Waals surface area contributed by atoms with E-state index < -0.39 is 10.0 Å². The zero-order valence-electron chi connectivity index (χ0n) is 21.5. The van der Waals surface area contributed by atoms with E-state index in [4.69, 9.17) is 0 Å². The molecule has 0 heterocycles. The Morgan fingerprint density at radius 2 is 1.50 bits per heavy atom. The minimum absolute atomic E-state index is 0.0747. The summed E-state index contributed by atoms with van der Waals surface area (Å²) >= 11 is 0. The fourth-order valence-corrected chi connectivity index (χ4v) is 5.34. The molecule has 6 heteroatoms. The van der Waals surface area contributed by atoms with Gasteiger partial charge >= 0.3 is 0 Å². The number of aliphatic hydroxyl groups excluding tert-OH is 1. The predicted molar refractivity (Wildman–Crippen MR) is 136 cm³/mol. The van der Waals surface area contributed by atoms with Crippen LogP contribution in [0.3, 0.4) is 0 Å². The van der Waals surface area contributed by atoms with Gasteiger partial charge in [0.25, 0.3) is 10.0 Å². The summed E-state index contributed by atoms with van der Waals surface area (Å²) in [7, 11) is -3.81. The Balaban J connectivity index is 3.03. The number of benzene rings is 1. The van der Waals surface area contributed by atoms with Crippen molar-refractivity contribution in [1.29, 1.82) is 0 Å². The Hall–Kier alpha value is -1.40. The first-order chi connectivity index (χ1) is 14.9. The molecule has 0 amide bonds. The van der Waals surface area contributed by atoms with Gasteiger partial charge in [0.2, 0.25) is 0 Å². The third kappa shape index (κ3) is 8.86. The van der Waals surface area contributed by atoms with E-state index in [1.54, 1.807) is 6.92 Å². The summed E-state index contributed by atoms with van der Waals surface area (Å²) in [4.78, 5) is 2.84. The van der Waals surface area contributed by atoms with Gasteiger partial charge in [-0.1, -0.05) is 86.3 Å². The van der Waals surface area contributed by atoms with Crippen molar-refractivity contribution in [2.45, 2.75) is 129 Å². The van der Waals surface area contributed by atoms with Gasteiger partial charge in [0.05, 0.1) is 11.0 Å². The van der Waals surface area contributed by atoms with Crippen molar-refractivity contribution >= 4 is 15.7 Å². The molecule has 0 spiro atoms. The van der Waals surface area contributed by atoms with Crippen LogP contribution < -0.4 is 4.83 Å². The van der Waals surface area contributed by atoms with Crippen LogP contribution in [0.5, 0.6) is 0 Å². The molecule has 0 aromatic heterocycles. The Kier molecular flexibility index (Phi) is 11.9. The van der Waals surface area contributed by atoms with Crippen molar-refractivity contribution in [3.05, 3.63) is 28.8 Å². The van der Waals surface area contributed by atoms with Crippen molar-refractivity contribution in [2.75, 3.05) is 0 Å². The number of aliphatic hydroxyl groups is 1. The molecular formula is C26H46N2O3S. The van der Waals surface area contributed by atoms with Gasteiger partial charge < -0.3 is 5.11 Å². The molecule has 2 N–H and O–H groups in total. The summed E-state index contributed by atoms with van der Waals surface area (Å²) in [5.74, 6) is 0.472. The third-order valence-corrected chi connectivity index (χ3v) is 7.28. The zero-order chi connectivity index (χ0) is 24.5. The largest absolute Gasteiger partial charge is 0.393 e. The fraction of sp³-hybridized carbons (Fsp3) is 0.731. The maximum atomic E-state index is 13.3. The van der Waals surface area contributed by atoms with Gasteiger partial charge in [-0.2, -0.15) is 13.5 Å². The smallest absolute Gasteiger partial charge is 0.277 e. The van der Waals surface area contributed by atoms with E-state index in [-0.39, 0.29) is 17.9 Å². The number of nitrogens with zero attached hydrogens (tertiary/aromatic N) is 1. The quantitative estimate of drug-likeness (QED) is 0.179. The summed E-state index contributed by atoms with van der Waals surface area (Å²) < 4.78 is 26.7. The molecule has 0 saturated heterocycles. The predicted octanol–water partition coefficient (Wildman–Crippen LogP) is 6.82. The SMILES string of the molecule is CCCCCCC(O)CC/C(C)=N/NS(=O)(=O)c1c(C(C)C)cc(C(C)C)cc1C(C)C. The van der Waals surface area contributed by atoms with E-state index in [0.717, 1.165) is 36.0 Å². The molecule has 184 valence electrons. The lowest BCUT2D eigenvalue weighted by atomic mass is 9.89. The normalized spacial score (nSPS) is 13.9. The van der Waals surface area contributed by atoms with Crippen LogP contribution in [0.1, 0.15) is 135 Å². The molecule has 1 aromatic carbocycles. The number of unbranched alkanes of at least 4 members (excludes halogenated alkanes) is 3. The van der Waals surface area contributed by atoms with Crippen LogP contribution in [0.4, 0.5) is 0 Å². The van der Waals surface area contributed by atoms with Crippen LogP contribution >= 0.6 is 0 Å². The summed E-state index contributed by atoms with van der Waals surface area (Å²) in [6, 6.07) is 4.06. The van der Waals surface area contributed by atoms with Crippen LogP contribution in [0, 0.1) is 0 Å². The number of sulfonamides is 1. The molecule has 5 nitrogen and oxygen atoms in total. The van der Waals surface area contributed by atoms with Gasteiger partial charge in [-0.25, -0.2) is 4.83 Å². The standard InChI is InChI=1S/C26H46N2O3S/c1-9-10-11-12-13-23(29)15-14-21(8)27-28-32(30,31)26-24(19(4)5)16-22(18(2)3)17-25(26)20(6)7/h16-20,23,28-29H,9-15H2,1-8H3/b27-21+. The molecule has 1 unspecified atom stereocenters. The minimum Gasteiger partial charge on any atom is -0.393 e. The van der Waals surface area contributed by atoms with Crippen molar-refractivity contribution in [3.8, 4) is 0 Å². The van der Waals surface area contributed by atoms with Crippen LogP contribution in [-0.2, 0) is 10.0 Å². The first-order valence-electron chi connectivity index (χ1n) is 12.3. The molecule has 1 aromatic rings. The first-order valence-corrected chi connectivity index (χ1v) is 13.8.